The Morgan fingerprint density at radius 2 is 1.88 bits per heavy atom. The molecule has 2 saturated heterocycles. The van der Waals surface area contributed by atoms with Crippen molar-refractivity contribution in [1.82, 2.24) is 15.1 Å². The summed E-state index contributed by atoms with van der Waals surface area (Å²) in [5.74, 6) is 0.226. The SMILES string of the molecule is CC1CN(C(=O)C2(C)CCCN(C(=O)c3ccccc3)C2)CCN1.Cl. The van der Waals surface area contributed by atoms with Crippen LogP contribution in [0.25, 0.3) is 0 Å². The number of carbonyl (C=O) groups is 2. The standard InChI is InChI=1S/C19H27N3O2.ClH/c1-15-13-21(12-10-20-15)18(24)19(2)9-6-11-22(14-19)17(23)16-7-4-3-5-8-16;/h3-5,7-8,15,20H,6,9-14H2,1-2H3;1H. The van der Waals surface area contributed by atoms with Crippen LogP contribution in [-0.2, 0) is 4.79 Å². The molecule has 2 heterocycles. The first kappa shape index (κ1) is 19.7. The van der Waals surface area contributed by atoms with Crippen LogP contribution in [0.1, 0.15) is 37.0 Å². The van der Waals surface area contributed by atoms with Crippen LogP contribution >= 0.6 is 12.4 Å². The topological polar surface area (TPSA) is 52.7 Å². The Kier molecular flexibility index (Phi) is 6.47. The molecule has 0 aromatic heterocycles. The van der Waals surface area contributed by atoms with E-state index in [1.807, 2.05) is 47.1 Å². The number of halogens is 1. The molecule has 0 radical (unpaired) electrons. The third-order valence-corrected chi connectivity index (χ3v) is 5.18. The van der Waals surface area contributed by atoms with E-state index in [2.05, 4.69) is 12.2 Å². The van der Waals surface area contributed by atoms with Gasteiger partial charge in [-0.25, -0.2) is 0 Å². The molecule has 0 aliphatic carbocycles. The van der Waals surface area contributed by atoms with Crippen molar-refractivity contribution in [2.75, 3.05) is 32.7 Å². The van der Waals surface area contributed by atoms with Gasteiger partial charge in [0.05, 0.1) is 5.41 Å². The van der Waals surface area contributed by atoms with Crippen molar-refractivity contribution in [3.05, 3.63) is 35.9 Å². The maximum absolute atomic E-state index is 13.1. The highest BCUT2D eigenvalue weighted by atomic mass is 35.5. The van der Waals surface area contributed by atoms with E-state index in [0.717, 1.165) is 39.0 Å². The highest BCUT2D eigenvalue weighted by Gasteiger charge is 2.42. The van der Waals surface area contributed by atoms with Crippen molar-refractivity contribution in [2.24, 2.45) is 5.41 Å². The number of piperazine rings is 1. The minimum Gasteiger partial charge on any atom is -0.339 e. The van der Waals surface area contributed by atoms with E-state index in [1.165, 1.54) is 0 Å². The molecular formula is C19H28ClN3O2. The zero-order valence-corrected chi connectivity index (χ0v) is 15.8. The third kappa shape index (κ3) is 4.33. The Balaban J connectivity index is 0.00000225. The quantitative estimate of drug-likeness (QED) is 0.873. The maximum atomic E-state index is 13.1. The number of carbonyl (C=O) groups excluding carboxylic acids is 2. The molecule has 25 heavy (non-hydrogen) atoms. The molecule has 3 rings (SSSR count). The van der Waals surface area contributed by atoms with Gasteiger partial charge in [-0.1, -0.05) is 18.2 Å². The predicted molar refractivity (Wildman–Crippen MR) is 101 cm³/mol. The summed E-state index contributed by atoms with van der Waals surface area (Å²) < 4.78 is 0. The molecule has 2 unspecified atom stereocenters. The fourth-order valence-corrected chi connectivity index (χ4v) is 3.85. The Labute approximate surface area is 156 Å². The summed E-state index contributed by atoms with van der Waals surface area (Å²) in [6.45, 7) is 7.72. The largest absolute Gasteiger partial charge is 0.339 e. The number of benzene rings is 1. The molecule has 1 aromatic carbocycles. The van der Waals surface area contributed by atoms with Gasteiger partial charge in [0.2, 0.25) is 5.91 Å². The summed E-state index contributed by atoms with van der Waals surface area (Å²) in [7, 11) is 0. The fourth-order valence-electron chi connectivity index (χ4n) is 3.85. The van der Waals surface area contributed by atoms with E-state index in [4.69, 9.17) is 0 Å². The van der Waals surface area contributed by atoms with E-state index in [9.17, 15) is 9.59 Å². The van der Waals surface area contributed by atoms with E-state index >= 15 is 0 Å². The van der Waals surface area contributed by atoms with Gasteiger partial charge >= 0.3 is 0 Å². The second-order valence-corrected chi connectivity index (χ2v) is 7.36. The number of hydrogen-bond donors (Lipinski definition) is 1. The number of likely N-dealkylation sites (tertiary alicyclic amines) is 1. The predicted octanol–water partition coefficient (Wildman–Crippen LogP) is 2.17. The highest BCUT2D eigenvalue weighted by Crippen LogP contribution is 2.32. The Morgan fingerprint density at radius 3 is 2.56 bits per heavy atom. The Bertz CT molecular complexity index is 610. The van der Waals surface area contributed by atoms with Crippen LogP contribution in [0.15, 0.2) is 30.3 Å². The van der Waals surface area contributed by atoms with Gasteiger partial charge in [0.15, 0.2) is 0 Å². The van der Waals surface area contributed by atoms with Gasteiger partial charge in [-0.3, -0.25) is 9.59 Å². The van der Waals surface area contributed by atoms with Gasteiger partial charge in [-0.05, 0) is 38.8 Å². The van der Waals surface area contributed by atoms with Gasteiger partial charge in [0, 0.05) is 44.3 Å². The molecule has 2 aliphatic heterocycles. The summed E-state index contributed by atoms with van der Waals surface area (Å²) in [5, 5.41) is 3.37. The minimum atomic E-state index is -0.472. The number of nitrogens with zero attached hydrogens (tertiary/aromatic N) is 2. The number of rotatable bonds is 2. The number of nitrogens with one attached hydrogen (secondary N) is 1. The van der Waals surface area contributed by atoms with Crippen LogP contribution in [0.4, 0.5) is 0 Å². The molecule has 2 fully saturated rings. The van der Waals surface area contributed by atoms with Crippen molar-refractivity contribution in [2.45, 2.75) is 32.7 Å². The Hall–Kier alpha value is -1.59. The molecule has 138 valence electrons. The lowest BCUT2D eigenvalue weighted by Crippen LogP contribution is -2.58. The molecule has 1 N–H and O–H groups in total. The number of hydrogen-bond acceptors (Lipinski definition) is 3. The highest BCUT2D eigenvalue weighted by molar-refractivity contribution is 5.95. The van der Waals surface area contributed by atoms with E-state index in [-0.39, 0.29) is 24.2 Å². The van der Waals surface area contributed by atoms with Gasteiger partial charge < -0.3 is 15.1 Å². The van der Waals surface area contributed by atoms with Gasteiger partial charge in [0.1, 0.15) is 0 Å². The van der Waals surface area contributed by atoms with Crippen molar-refractivity contribution in [1.29, 1.82) is 0 Å². The number of amides is 2. The summed E-state index contributed by atoms with van der Waals surface area (Å²) in [6.07, 6.45) is 1.73. The normalized spacial score (nSPS) is 26.7. The molecule has 0 spiro atoms. The molecule has 0 bridgehead atoms. The maximum Gasteiger partial charge on any atom is 0.253 e. The average molecular weight is 366 g/mol. The van der Waals surface area contributed by atoms with Crippen molar-refractivity contribution < 1.29 is 9.59 Å². The lowest BCUT2D eigenvalue weighted by molar-refractivity contribution is -0.145. The first-order chi connectivity index (χ1) is 11.5. The molecule has 0 saturated carbocycles. The molecule has 1 aromatic rings. The lowest BCUT2D eigenvalue weighted by atomic mass is 9.80. The second kappa shape index (κ2) is 8.19. The smallest absolute Gasteiger partial charge is 0.253 e. The molecule has 6 heteroatoms. The van der Waals surface area contributed by atoms with Crippen LogP contribution in [0.5, 0.6) is 0 Å². The number of piperidine rings is 1. The zero-order chi connectivity index (χ0) is 17.2. The van der Waals surface area contributed by atoms with Gasteiger partial charge in [0.25, 0.3) is 5.91 Å². The van der Waals surface area contributed by atoms with E-state index in [0.29, 0.717) is 18.2 Å². The van der Waals surface area contributed by atoms with Crippen molar-refractivity contribution in [3.63, 3.8) is 0 Å². The van der Waals surface area contributed by atoms with E-state index < -0.39 is 5.41 Å². The summed E-state index contributed by atoms with van der Waals surface area (Å²) in [4.78, 5) is 29.6. The first-order valence-corrected chi connectivity index (χ1v) is 8.87. The molecule has 2 amide bonds. The van der Waals surface area contributed by atoms with E-state index in [1.54, 1.807) is 0 Å². The lowest BCUT2D eigenvalue weighted by Gasteiger charge is -2.43. The Morgan fingerprint density at radius 1 is 1.16 bits per heavy atom. The molecule has 5 nitrogen and oxygen atoms in total. The van der Waals surface area contributed by atoms with Gasteiger partial charge in [-0.15, -0.1) is 12.4 Å². The molecule has 2 aliphatic rings. The summed E-state index contributed by atoms with van der Waals surface area (Å²) in [6, 6.07) is 9.68. The van der Waals surface area contributed by atoms with Crippen LogP contribution in [-0.4, -0.2) is 60.4 Å². The summed E-state index contributed by atoms with van der Waals surface area (Å²) in [5.41, 5.74) is 0.227. The zero-order valence-electron chi connectivity index (χ0n) is 15.0. The average Bonchev–Trinajstić information content (AvgIpc) is 2.61. The van der Waals surface area contributed by atoms with Crippen molar-refractivity contribution >= 4 is 24.2 Å². The fraction of sp³-hybridized carbons (Fsp3) is 0.579. The second-order valence-electron chi connectivity index (χ2n) is 7.36. The third-order valence-electron chi connectivity index (χ3n) is 5.18. The minimum absolute atomic E-state index is 0. The monoisotopic (exact) mass is 365 g/mol. The van der Waals surface area contributed by atoms with Crippen LogP contribution in [0, 0.1) is 5.41 Å². The molecular weight excluding hydrogens is 338 g/mol. The van der Waals surface area contributed by atoms with Crippen LogP contribution in [0.3, 0.4) is 0 Å². The first-order valence-electron chi connectivity index (χ1n) is 8.87. The molecule has 2 atom stereocenters. The van der Waals surface area contributed by atoms with Crippen molar-refractivity contribution in [3.8, 4) is 0 Å². The van der Waals surface area contributed by atoms with Crippen LogP contribution in [0.2, 0.25) is 0 Å². The van der Waals surface area contributed by atoms with Gasteiger partial charge in [-0.2, -0.15) is 0 Å². The summed E-state index contributed by atoms with van der Waals surface area (Å²) >= 11 is 0. The van der Waals surface area contributed by atoms with Crippen LogP contribution < -0.4 is 5.32 Å².